The third kappa shape index (κ3) is 3.36. The lowest BCUT2D eigenvalue weighted by atomic mass is 10.1. The van der Waals surface area contributed by atoms with Crippen LogP contribution in [0.15, 0.2) is 58.4 Å². The van der Waals surface area contributed by atoms with Crippen molar-refractivity contribution < 1.29 is 9.90 Å². The van der Waals surface area contributed by atoms with Gasteiger partial charge in [0.25, 0.3) is 5.91 Å². The Morgan fingerprint density at radius 3 is 2.54 bits per heavy atom. The highest BCUT2D eigenvalue weighted by atomic mass is 32.2. The molecule has 3 rings (SSSR count). The van der Waals surface area contributed by atoms with Crippen molar-refractivity contribution in [2.45, 2.75) is 13.8 Å². The zero-order valence-electron chi connectivity index (χ0n) is 13.6. The predicted molar refractivity (Wildman–Crippen MR) is 99.3 cm³/mol. The second-order valence-electron chi connectivity index (χ2n) is 5.43. The highest BCUT2D eigenvalue weighted by molar-refractivity contribution is 8.18. The third-order valence-corrected chi connectivity index (χ3v) is 4.76. The van der Waals surface area contributed by atoms with Crippen molar-refractivity contribution in [2.24, 2.45) is 4.99 Å². The Balaban J connectivity index is 1.94. The van der Waals surface area contributed by atoms with Gasteiger partial charge in [-0.15, -0.1) is 0 Å². The fraction of sp³-hybridized carbons (Fsp3) is 0.158. The molecule has 0 spiro atoms. The molecule has 1 fully saturated rings. The first-order valence-corrected chi connectivity index (χ1v) is 8.55. The molecule has 0 saturated carbocycles. The fourth-order valence-corrected chi connectivity index (χ4v) is 3.45. The van der Waals surface area contributed by atoms with Crippen molar-refractivity contribution in [2.75, 3.05) is 6.54 Å². The van der Waals surface area contributed by atoms with E-state index in [1.54, 1.807) is 29.2 Å². The van der Waals surface area contributed by atoms with Crippen LogP contribution >= 0.6 is 11.8 Å². The normalized spacial score (nSPS) is 17.9. The molecule has 2 aromatic rings. The van der Waals surface area contributed by atoms with Crippen LogP contribution in [0, 0.1) is 6.92 Å². The molecule has 1 aliphatic heterocycles. The average molecular weight is 338 g/mol. The molecule has 2 aromatic carbocycles. The second-order valence-corrected chi connectivity index (χ2v) is 6.44. The van der Waals surface area contributed by atoms with Crippen LogP contribution in [-0.2, 0) is 4.79 Å². The van der Waals surface area contributed by atoms with Crippen LogP contribution in [0.1, 0.15) is 18.1 Å². The van der Waals surface area contributed by atoms with E-state index in [9.17, 15) is 9.90 Å². The van der Waals surface area contributed by atoms with Crippen LogP contribution in [-0.4, -0.2) is 27.6 Å². The Kier molecular flexibility index (Phi) is 4.71. The van der Waals surface area contributed by atoms with Gasteiger partial charge in [0.05, 0.1) is 10.6 Å². The van der Waals surface area contributed by atoms with Gasteiger partial charge in [-0.05, 0) is 67.1 Å². The van der Waals surface area contributed by atoms with E-state index in [0.29, 0.717) is 22.3 Å². The lowest BCUT2D eigenvalue weighted by Crippen LogP contribution is -2.28. The number of benzene rings is 2. The smallest absolute Gasteiger partial charge is 0.266 e. The molecule has 1 N–H and O–H groups in total. The average Bonchev–Trinajstić information content (AvgIpc) is 2.87. The van der Waals surface area contributed by atoms with Crippen LogP contribution in [0.2, 0.25) is 0 Å². The number of hydrogen-bond donors (Lipinski definition) is 1. The molecule has 24 heavy (non-hydrogen) atoms. The lowest BCUT2D eigenvalue weighted by molar-refractivity contribution is -0.122. The number of carbonyl (C=O) groups excluding carboxylic acids is 1. The van der Waals surface area contributed by atoms with E-state index in [1.807, 2.05) is 44.2 Å². The maximum absolute atomic E-state index is 12.6. The second kappa shape index (κ2) is 6.93. The minimum absolute atomic E-state index is 0.0247. The summed E-state index contributed by atoms with van der Waals surface area (Å²) < 4.78 is 0. The molecule has 1 heterocycles. The van der Waals surface area contributed by atoms with Crippen molar-refractivity contribution in [3.8, 4) is 5.75 Å². The number of nitrogens with zero attached hydrogens (tertiary/aromatic N) is 2. The van der Waals surface area contributed by atoms with E-state index in [2.05, 4.69) is 4.99 Å². The number of phenolic OH excluding ortho intramolecular Hbond substituents is 1. The van der Waals surface area contributed by atoms with Crippen molar-refractivity contribution >= 4 is 34.6 Å². The van der Waals surface area contributed by atoms with Gasteiger partial charge in [-0.2, -0.15) is 0 Å². The molecular formula is C19H18N2O2S. The Bertz CT molecular complexity index is 826. The first kappa shape index (κ1) is 16.3. The molecule has 0 atom stereocenters. The molecule has 0 aromatic heterocycles. The highest BCUT2D eigenvalue weighted by Gasteiger charge is 2.32. The molecule has 0 radical (unpaired) electrons. The van der Waals surface area contributed by atoms with E-state index in [1.165, 1.54) is 11.8 Å². The maximum atomic E-state index is 12.6. The van der Waals surface area contributed by atoms with Gasteiger partial charge < -0.3 is 5.11 Å². The number of carbonyl (C=O) groups is 1. The Labute approximate surface area is 145 Å². The highest BCUT2D eigenvalue weighted by Crippen LogP contribution is 2.34. The summed E-state index contributed by atoms with van der Waals surface area (Å²) in [4.78, 5) is 19.5. The number of amidine groups is 1. The lowest BCUT2D eigenvalue weighted by Gasteiger charge is -2.11. The molecule has 1 saturated heterocycles. The van der Waals surface area contributed by atoms with Gasteiger partial charge in [-0.1, -0.05) is 24.3 Å². The number of thioether (sulfide) groups is 1. The number of amides is 1. The summed E-state index contributed by atoms with van der Waals surface area (Å²) in [5, 5.41) is 10.0. The van der Waals surface area contributed by atoms with Crippen molar-refractivity contribution in [3.05, 3.63) is 64.6 Å². The molecule has 0 aliphatic carbocycles. The molecule has 1 amide bonds. The van der Waals surface area contributed by atoms with Crippen molar-refractivity contribution in [1.29, 1.82) is 0 Å². The third-order valence-electron chi connectivity index (χ3n) is 3.75. The summed E-state index contributed by atoms with van der Waals surface area (Å²) in [6, 6.07) is 14.6. The van der Waals surface area contributed by atoms with Crippen LogP contribution in [0.5, 0.6) is 5.75 Å². The number of likely N-dealkylation sites (N-methyl/N-ethyl adjacent to an activating group) is 1. The van der Waals surface area contributed by atoms with Gasteiger partial charge in [0.2, 0.25) is 0 Å². The Hall–Kier alpha value is -2.53. The van der Waals surface area contributed by atoms with Gasteiger partial charge in [0.1, 0.15) is 5.75 Å². The van der Waals surface area contributed by atoms with Crippen molar-refractivity contribution in [1.82, 2.24) is 4.90 Å². The molecule has 4 nitrogen and oxygen atoms in total. The molecule has 122 valence electrons. The number of hydrogen-bond acceptors (Lipinski definition) is 4. The van der Waals surface area contributed by atoms with E-state index >= 15 is 0 Å². The van der Waals surface area contributed by atoms with Crippen LogP contribution in [0.25, 0.3) is 6.08 Å². The van der Waals surface area contributed by atoms with Crippen LogP contribution < -0.4 is 0 Å². The number of rotatable bonds is 3. The summed E-state index contributed by atoms with van der Waals surface area (Å²) >= 11 is 1.38. The number of aromatic hydroxyl groups is 1. The molecule has 1 aliphatic rings. The SMILES string of the molecule is CCN1C(=O)/C(=C/c2ccccc2C)SC1=Nc1ccc(O)cc1. The van der Waals surface area contributed by atoms with Gasteiger partial charge in [-0.3, -0.25) is 9.69 Å². The summed E-state index contributed by atoms with van der Waals surface area (Å²) in [5.41, 5.74) is 2.87. The molecule has 0 unspecified atom stereocenters. The molecule has 0 bridgehead atoms. The van der Waals surface area contributed by atoms with Gasteiger partial charge in [-0.25, -0.2) is 4.99 Å². The first-order chi connectivity index (χ1) is 11.6. The summed E-state index contributed by atoms with van der Waals surface area (Å²) in [7, 11) is 0. The zero-order chi connectivity index (χ0) is 17.1. The topological polar surface area (TPSA) is 52.9 Å². The van der Waals surface area contributed by atoms with E-state index in [4.69, 9.17) is 0 Å². The first-order valence-electron chi connectivity index (χ1n) is 7.73. The standard InChI is InChI=1S/C19H18N2O2S/c1-3-21-18(23)17(12-14-7-5-4-6-13(14)2)24-19(21)20-15-8-10-16(22)11-9-15/h4-12,22H,3H2,1-2H3/b17-12-,20-19?. The maximum Gasteiger partial charge on any atom is 0.266 e. The Morgan fingerprint density at radius 1 is 1.17 bits per heavy atom. The summed E-state index contributed by atoms with van der Waals surface area (Å²) in [5.74, 6) is 0.171. The minimum Gasteiger partial charge on any atom is -0.508 e. The zero-order valence-corrected chi connectivity index (χ0v) is 14.4. The Morgan fingerprint density at radius 2 is 1.88 bits per heavy atom. The quantitative estimate of drug-likeness (QED) is 0.848. The van der Waals surface area contributed by atoms with Crippen molar-refractivity contribution in [3.63, 3.8) is 0 Å². The number of aryl methyl sites for hydroxylation is 1. The predicted octanol–water partition coefficient (Wildman–Crippen LogP) is 4.32. The van der Waals surface area contributed by atoms with Gasteiger partial charge in [0, 0.05) is 6.54 Å². The molecular weight excluding hydrogens is 320 g/mol. The largest absolute Gasteiger partial charge is 0.508 e. The van der Waals surface area contributed by atoms with Crippen LogP contribution in [0.3, 0.4) is 0 Å². The van der Waals surface area contributed by atoms with E-state index in [-0.39, 0.29) is 11.7 Å². The van der Waals surface area contributed by atoms with E-state index in [0.717, 1.165) is 11.1 Å². The van der Waals surface area contributed by atoms with E-state index < -0.39 is 0 Å². The van der Waals surface area contributed by atoms with Crippen LogP contribution in [0.4, 0.5) is 5.69 Å². The monoisotopic (exact) mass is 338 g/mol. The number of phenols is 1. The summed E-state index contributed by atoms with van der Waals surface area (Å²) in [6.45, 7) is 4.52. The molecule has 5 heteroatoms. The number of aliphatic imine (C=N–C) groups is 1. The minimum atomic E-state index is -0.0247. The van der Waals surface area contributed by atoms with Gasteiger partial charge in [0.15, 0.2) is 5.17 Å². The van der Waals surface area contributed by atoms with Gasteiger partial charge >= 0.3 is 0 Å². The summed E-state index contributed by atoms with van der Waals surface area (Å²) in [6.07, 6.45) is 1.92. The fourth-order valence-electron chi connectivity index (χ4n) is 2.40.